The molecule has 2 nitrogen and oxygen atoms in total. The molecule has 0 amide bonds. The first kappa shape index (κ1) is 16.3. The molecule has 0 saturated carbocycles. The van der Waals surface area contributed by atoms with E-state index in [4.69, 9.17) is 40.5 Å². The van der Waals surface area contributed by atoms with Crippen LogP contribution in [-0.4, -0.2) is 4.98 Å². The molecule has 6 heteroatoms. The summed E-state index contributed by atoms with van der Waals surface area (Å²) in [6, 6.07) is -0.280. The minimum Gasteiger partial charge on any atom is -0.323 e. The van der Waals surface area contributed by atoms with Gasteiger partial charge in [0.1, 0.15) is 5.15 Å². The summed E-state index contributed by atoms with van der Waals surface area (Å²) >= 11 is 17.9. The van der Waals surface area contributed by atoms with Crippen LogP contribution in [0.25, 0.3) is 0 Å². The van der Waals surface area contributed by atoms with E-state index in [2.05, 4.69) is 4.98 Å². The molecule has 0 bridgehead atoms. The minimum absolute atomic E-state index is 0. The molecule has 1 aromatic heterocycles. The number of pyridine rings is 1. The predicted octanol–water partition coefficient (Wildman–Crippen LogP) is 4.51. The molecule has 1 rings (SSSR count). The number of halogens is 4. The Morgan fingerprint density at radius 1 is 1.25 bits per heavy atom. The first-order valence-corrected chi connectivity index (χ1v) is 5.63. The van der Waals surface area contributed by atoms with Gasteiger partial charge in [0.25, 0.3) is 0 Å². The zero-order valence-electron chi connectivity index (χ0n) is 9.22. The average Bonchev–Trinajstić information content (AvgIpc) is 2.10. The van der Waals surface area contributed by atoms with Gasteiger partial charge in [-0.1, -0.05) is 55.6 Å². The van der Waals surface area contributed by atoms with Crippen LogP contribution in [0.4, 0.5) is 0 Å². The summed E-state index contributed by atoms with van der Waals surface area (Å²) in [5.74, 6) is 0. The molecule has 1 atom stereocenters. The van der Waals surface area contributed by atoms with Crippen molar-refractivity contribution in [1.29, 1.82) is 0 Å². The van der Waals surface area contributed by atoms with Crippen LogP contribution in [0.1, 0.15) is 32.4 Å². The fraction of sp³-hybridized carbons (Fsp3) is 0.500. The number of hydrogen-bond donors (Lipinski definition) is 1. The lowest BCUT2D eigenvalue weighted by molar-refractivity contribution is 0.327. The molecule has 1 heterocycles. The third-order valence-corrected chi connectivity index (χ3v) is 3.28. The molecular formula is C10H14Cl4N2. The number of aromatic nitrogens is 1. The van der Waals surface area contributed by atoms with Crippen LogP contribution >= 0.6 is 47.2 Å². The zero-order chi connectivity index (χ0) is 11.8. The molecule has 1 aromatic rings. The molecule has 0 aliphatic heterocycles. The van der Waals surface area contributed by atoms with Gasteiger partial charge in [-0.15, -0.1) is 12.4 Å². The topological polar surface area (TPSA) is 38.9 Å². The third-order valence-electron chi connectivity index (χ3n) is 2.21. The van der Waals surface area contributed by atoms with Crippen molar-refractivity contribution in [3.8, 4) is 0 Å². The van der Waals surface area contributed by atoms with E-state index in [-0.39, 0.29) is 29.0 Å². The molecule has 0 radical (unpaired) electrons. The second-order valence-corrected chi connectivity index (χ2v) is 5.61. The van der Waals surface area contributed by atoms with E-state index < -0.39 is 0 Å². The SMILES string of the molecule is CC(C)(C)[C@@H](N)c1c(Cl)cnc(Cl)c1Cl.Cl. The fourth-order valence-electron chi connectivity index (χ4n) is 1.17. The van der Waals surface area contributed by atoms with E-state index in [1.165, 1.54) is 6.20 Å². The van der Waals surface area contributed by atoms with E-state index in [1.807, 2.05) is 20.8 Å². The van der Waals surface area contributed by atoms with E-state index in [9.17, 15) is 0 Å². The monoisotopic (exact) mass is 302 g/mol. The molecule has 0 aromatic carbocycles. The van der Waals surface area contributed by atoms with Crippen LogP contribution in [0, 0.1) is 5.41 Å². The highest BCUT2D eigenvalue weighted by molar-refractivity contribution is 6.43. The Labute approximate surface area is 117 Å². The lowest BCUT2D eigenvalue weighted by Crippen LogP contribution is -2.27. The Morgan fingerprint density at radius 2 is 1.75 bits per heavy atom. The third kappa shape index (κ3) is 3.38. The van der Waals surface area contributed by atoms with Crippen LogP contribution < -0.4 is 5.73 Å². The van der Waals surface area contributed by atoms with Crippen molar-refractivity contribution in [1.82, 2.24) is 4.98 Å². The Morgan fingerprint density at radius 3 is 2.19 bits per heavy atom. The fourth-order valence-corrected chi connectivity index (χ4v) is 1.90. The Bertz CT molecular complexity index is 374. The standard InChI is InChI=1S/C10H13Cl3N2.ClH/c1-10(2,3)8(14)6-5(11)4-15-9(13)7(6)12;/h4,8H,14H2,1-3H3;1H/t8-;/m0./s1. The van der Waals surface area contributed by atoms with Crippen LogP contribution in [0.2, 0.25) is 15.2 Å². The number of nitrogens with two attached hydrogens (primary N) is 1. The normalized spacial score (nSPS) is 13.2. The maximum atomic E-state index is 6.09. The van der Waals surface area contributed by atoms with Crippen molar-refractivity contribution in [3.63, 3.8) is 0 Å². The Kier molecular flexibility index (Phi) is 5.84. The molecular weight excluding hydrogens is 290 g/mol. The van der Waals surface area contributed by atoms with Crippen LogP contribution in [0.3, 0.4) is 0 Å². The predicted molar refractivity (Wildman–Crippen MR) is 72.9 cm³/mol. The molecule has 0 unspecified atom stereocenters. The lowest BCUT2D eigenvalue weighted by Gasteiger charge is -2.28. The van der Waals surface area contributed by atoms with E-state index in [0.717, 1.165) is 0 Å². The summed E-state index contributed by atoms with van der Waals surface area (Å²) in [6.07, 6.45) is 1.47. The van der Waals surface area contributed by atoms with Gasteiger partial charge in [0.2, 0.25) is 0 Å². The van der Waals surface area contributed by atoms with Gasteiger partial charge in [0, 0.05) is 17.8 Å². The summed E-state index contributed by atoms with van der Waals surface area (Å²) in [4.78, 5) is 3.85. The van der Waals surface area contributed by atoms with Gasteiger partial charge in [-0.05, 0) is 5.41 Å². The Balaban J connectivity index is 0.00000225. The summed E-state index contributed by atoms with van der Waals surface area (Å²) < 4.78 is 0. The number of hydrogen-bond acceptors (Lipinski definition) is 2. The molecule has 0 fully saturated rings. The van der Waals surface area contributed by atoms with Gasteiger partial charge < -0.3 is 5.73 Å². The van der Waals surface area contributed by atoms with Gasteiger partial charge >= 0.3 is 0 Å². The lowest BCUT2D eigenvalue weighted by atomic mass is 9.83. The molecule has 0 saturated heterocycles. The molecule has 0 spiro atoms. The van der Waals surface area contributed by atoms with Gasteiger partial charge in [0.15, 0.2) is 0 Å². The minimum atomic E-state index is -0.280. The molecule has 0 aliphatic rings. The van der Waals surface area contributed by atoms with Gasteiger partial charge in [-0.25, -0.2) is 4.98 Å². The van der Waals surface area contributed by atoms with Crippen molar-refractivity contribution < 1.29 is 0 Å². The quantitative estimate of drug-likeness (QED) is 0.775. The molecule has 0 aliphatic carbocycles. The van der Waals surface area contributed by atoms with Crippen LogP contribution in [0.15, 0.2) is 6.20 Å². The second-order valence-electron chi connectivity index (χ2n) is 4.47. The van der Waals surface area contributed by atoms with E-state index in [1.54, 1.807) is 0 Å². The summed E-state index contributed by atoms with van der Waals surface area (Å²) in [6.45, 7) is 6.04. The van der Waals surface area contributed by atoms with Gasteiger partial charge in [-0.2, -0.15) is 0 Å². The van der Waals surface area contributed by atoms with Crippen molar-refractivity contribution in [2.24, 2.45) is 11.1 Å². The van der Waals surface area contributed by atoms with E-state index >= 15 is 0 Å². The van der Waals surface area contributed by atoms with Crippen molar-refractivity contribution in [3.05, 3.63) is 27.0 Å². The van der Waals surface area contributed by atoms with Crippen LogP contribution in [0.5, 0.6) is 0 Å². The maximum absolute atomic E-state index is 6.09. The maximum Gasteiger partial charge on any atom is 0.148 e. The highest BCUT2D eigenvalue weighted by Gasteiger charge is 2.27. The van der Waals surface area contributed by atoms with Crippen LogP contribution in [-0.2, 0) is 0 Å². The second kappa shape index (κ2) is 5.74. The average molecular weight is 304 g/mol. The first-order chi connectivity index (χ1) is 6.75. The summed E-state index contributed by atoms with van der Waals surface area (Å²) in [7, 11) is 0. The van der Waals surface area contributed by atoms with Gasteiger partial charge in [0.05, 0.1) is 10.0 Å². The molecule has 92 valence electrons. The largest absolute Gasteiger partial charge is 0.323 e. The van der Waals surface area contributed by atoms with Crippen molar-refractivity contribution >= 4 is 47.2 Å². The first-order valence-electron chi connectivity index (χ1n) is 4.50. The van der Waals surface area contributed by atoms with Gasteiger partial charge in [-0.3, -0.25) is 0 Å². The molecule has 2 N–H and O–H groups in total. The van der Waals surface area contributed by atoms with Crippen molar-refractivity contribution in [2.75, 3.05) is 0 Å². The summed E-state index contributed by atoms with van der Waals surface area (Å²) in [5, 5.41) is 1.02. The highest BCUT2D eigenvalue weighted by Crippen LogP contribution is 2.40. The highest BCUT2D eigenvalue weighted by atomic mass is 35.5. The smallest absolute Gasteiger partial charge is 0.148 e. The zero-order valence-corrected chi connectivity index (χ0v) is 12.3. The number of rotatable bonds is 1. The van der Waals surface area contributed by atoms with E-state index in [0.29, 0.717) is 15.6 Å². The Hall–Kier alpha value is 0.270. The molecule has 16 heavy (non-hydrogen) atoms. The number of nitrogens with zero attached hydrogens (tertiary/aromatic N) is 1. The van der Waals surface area contributed by atoms with Crippen molar-refractivity contribution in [2.45, 2.75) is 26.8 Å². The summed E-state index contributed by atoms with van der Waals surface area (Å²) in [5.41, 5.74) is 6.60.